The second kappa shape index (κ2) is 11.0. The van der Waals surface area contributed by atoms with Gasteiger partial charge in [0.25, 0.3) is 0 Å². The zero-order valence-corrected chi connectivity index (χ0v) is 15.5. The van der Waals surface area contributed by atoms with Crippen LogP contribution in [0.25, 0.3) is 0 Å². The lowest BCUT2D eigenvalue weighted by molar-refractivity contribution is 0.103. The number of hydrogen-bond acceptors (Lipinski definition) is 4. The maximum absolute atomic E-state index is 12.7. The number of carbonyl (C=O) groups is 1. The van der Waals surface area contributed by atoms with Crippen molar-refractivity contribution in [2.75, 3.05) is 6.61 Å². The molecule has 1 atom stereocenters. The van der Waals surface area contributed by atoms with E-state index in [1.807, 2.05) is 36.4 Å². The second-order valence-electron chi connectivity index (χ2n) is 6.08. The zero-order valence-electron chi connectivity index (χ0n) is 14.7. The molecule has 2 aromatic carbocycles. The molecule has 2 aromatic rings. The molecule has 0 heterocycles. The fourth-order valence-electron chi connectivity index (χ4n) is 2.67. The van der Waals surface area contributed by atoms with Crippen molar-refractivity contribution in [2.24, 2.45) is 0 Å². The summed E-state index contributed by atoms with van der Waals surface area (Å²) in [5.41, 5.74) is 1.20. The molecule has 0 saturated carbocycles. The summed E-state index contributed by atoms with van der Waals surface area (Å²) in [7, 11) is 0. The summed E-state index contributed by atoms with van der Waals surface area (Å²) >= 11 is 0.848. The van der Waals surface area contributed by atoms with E-state index in [0.29, 0.717) is 23.5 Å². The average molecular weight is 359 g/mol. The van der Waals surface area contributed by atoms with Gasteiger partial charge in [-0.1, -0.05) is 75.1 Å². The highest BCUT2D eigenvalue weighted by Crippen LogP contribution is 2.24. The number of rotatable bonds is 11. The molecular weight excluding hydrogens is 332 g/mol. The highest BCUT2D eigenvalue weighted by atomic mass is 32.2. The molecule has 0 spiro atoms. The number of hydrogen-bond donors (Lipinski definition) is 1. The molecule has 1 unspecified atom stereocenters. The van der Waals surface area contributed by atoms with Gasteiger partial charge in [0.15, 0.2) is 5.78 Å². The molecule has 0 aliphatic rings. The normalized spacial score (nSPS) is 11.9. The first-order chi connectivity index (χ1) is 12.3. The Morgan fingerprint density at radius 1 is 1.04 bits per heavy atom. The molecule has 25 heavy (non-hydrogen) atoms. The molecule has 0 bridgehead atoms. The fourth-order valence-corrected chi connectivity index (χ4v) is 3.07. The van der Waals surface area contributed by atoms with Gasteiger partial charge in [-0.3, -0.25) is 4.79 Å². The molecule has 4 heteroatoms. The van der Waals surface area contributed by atoms with Crippen LogP contribution in [0, 0.1) is 0 Å². The van der Waals surface area contributed by atoms with Crippen LogP contribution >= 0.6 is 12.0 Å². The highest BCUT2D eigenvalue weighted by Gasteiger charge is 2.16. The number of benzene rings is 2. The first-order valence-corrected chi connectivity index (χ1v) is 9.71. The first kappa shape index (κ1) is 19.5. The lowest BCUT2D eigenvalue weighted by Gasteiger charge is -2.16. The van der Waals surface area contributed by atoms with Crippen molar-refractivity contribution in [3.63, 3.8) is 0 Å². The lowest BCUT2D eigenvalue weighted by atomic mass is 10.0. The van der Waals surface area contributed by atoms with Crippen LogP contribution in [0.2, 0.25) is 0 Å². The summed E-state index contributed by atoms with van der Waals surface area (Å²) < 4.78 is 15.4. The predicted molar refractivity (Wildman–Crippen MR) is 105 cm³/mol. The minimum Gasteiger partial charge on any atom is -0.492 e. The van der Waals surface area contributed by atoms with Crippen LogP contribution in [0.5, 0.6) is 5.75 Å². The quantitative estimate of drug-likeness (QED) is 0.311. The average Bonchev–Trinajstić information content (AvgIpc) is 2.68. The van der Waals surface area contributed by atoms with Crippen LogP contribution in [0.4, 0.5) is 0 Å². The summed E-state index contributed by atoms with van der Waals surface area (Å²) in [5.74, 6) is 0.524. The van der Waals surface area contributed by atoms with Crippen molar-refractivity contribution >= 4 is 17.8 Å². The SMILES string of the molecule is CCCCCCC(COc1ccccc1C(=O)c1ccccc1)SO. The summed E-state index contributed by atoms with van der Waals surface area (Å²) in [6.07, 6.45) is 5.59. The Morgan fingerprint density at radius 2 is 1.76 bits per heavy atom. The second-order valence-corrected chi connectivity index (χ2v) is 6.96. The lowest BCUT2D eigenvalue weighted by Crippen LogP contribution is -2.16. The Kier molecular flexibility index (Phi) is 8.56. The third-order valence-electron chi connectivity index (χ3n) is 4.12. The predicted octanol–water partition coefficient (Wildman–Crippen LogP) is 5.84. The zero-order chi connectivity index (χ0) is 17.9. The molecule has 0 saturated heterocycles. The summed E-state index contributed by atoms with van der Waals surface area (Å²) in [5, 5.41) is 0.0248. The van der Waals surface area contributed by atoms with Crippen molar-refractivity contribution in [1.82, 2.24) is 0 Å². The van der Waals surface area contributed by atoms with E-state index in [1.165, 1.54) is 19.3 Å². The Bertz CT molecular complexity index is 643. The van der Waals surface area contributed by atoms with E-state index in [-0.39, 0.29) is 11.0 Å². The van der Waals surface area contributed by atoms with Crippen molar-refractivity contribution in [1.29, 1.82) is 0 Å². The Balaban J connectivity index is 1.99. The number of para-hydroxylation sites is 1. The van der Waals surface area contributed by atoms with Gasteiger partial charge in [-0.15, -0.1) is 0 Å². The van der Waals surface area contributed by atoms with E-state index in [2.05, 4.69) is 6.92 Å². The van der Waals surface area contributed by atoms with Crippen LogP contribution < -0.4 is 4.74 Å². The monoisotopic (exact) mass is 358 g/mol. The highest BCUT2D eigenvalue weighted by molar-refractivity contribution is 7.94. The van der Waals surface area contributed by atoms with Gasteiger partial charge in [-0.2, -0.15) is 0 Å². The van der Waals surface area contributed by atoms with Gasteiger partial charge in [0.2, 0.25) is 0 Å². The van der Waals surface area contributed by atoms with E-state index in [1.54, 1.807) is 18.2 Å². The summed E-state index contributed by atoms with van der Waals surface area (Å²) in [6.45, 7) is 2.58. The molecule has 0 aromatic heterocycles. The topological polar surface area (TPSA) is 46.5 Å². The minimum atomic E-state index is -0.0488. The van der Waals surface area contributed by atoms with E-state index in [9.17, 15) is 9.35 Å². The largest absolute Gasteiger partial charge is 0.492 e. The van der Waals surface area contributed by atoms with Crippen molar-refractivity contribution in [2.45, 2.75) is 44.3 Å². The minimum absolute atomic E-state index is 0.0248. The fraction of sp³-hybridized carbons (Fsp3) is 0.381. The van der Waals surface area contributed by atoms with E-state index in [4.69, 9.17) is 4.74 Å². The maximum Gasteiger partial charge on any atom is 0.196 e. The van der Waals surface area contributed by atoms with Crippen LogP contribution in [0.1, 0.15) is 54.9 Å². The molecule has 0 aliphatic carbocycles. The van der Waals surface area contributed by atoms with Gasteiger partial charge in [0.1, 0.15) is 12.4 Å². The van der Waals surface area contributed by atoms with Crippen molar-refractivity contribution in [3.8, 4) is 5.75 Å². The van der Waals surface area contributed by atoms with E-state index in [0.717, 1.165) is 24.9 Å². The molecule has 2 rings (SSSR count). The van der Waals surface area contributed by atoms with Gasteiger partial charge in [0, 0.05) is 5.56 Å². The molecule has 0 fully saturated rings. The number of ketones is 1. The van der Waals surface area contributed by atoms with Gasteiger partial charge < -0.3 is 9.29 Å². The van der Waals surface area contributed by atoms with Crippen LogP contribution in [-0.2, 0) is 0 Å². The molecule has 0 aliphatic heterocycles. The van der Waals surface area contributed by atoms with Gasteiger partial charge in [-0.25, -0.2) is 0 Å². The summed E-state index contributed by atoms with van der Waals surface area (Å²) in [6, 6.07) is 16.5. The van der Waals surface area contributed by atoms with E-state index >= 15 is 0 Å². The van der Waals surface area contributed by atoms with Gasteiger partial charge in [-0.05, 0) is 30.6 Å². The Hall–Kier alpha value is -1.78. The maximum atomic E-state index is 12.7. The summed E-state index contributed by atoms with van der Waals surface area (Å²) in [4.78, 5) is 12.7. The molecule has 0 amide bonds. The van der Waals surface area contributed by atoms with E-state index < -0.39 is 0 Å². The first-order valence-electron chi connectivity index (χ1n) is 8.88. The number of carbonyl (C=O) groups excluding carboxylic acids is 1. The van der Waals surface area contributed by atoms with Crippen LogP contribution in [0.3, 0.4) is 0 Å². The molecule has 1 N–H and O–H groups in total. The van der Waals surface area contributed by atoms with Crippen LogP contribution in [-0.4, -0.2) is 22.2 Å². The standard InChI is InChI=1S/C21H26O3S/c1-2-3-4-8-13-18(25-23)16-24-20-15-10-9-14-19(20)21(22)17-11-6-5-7-12-17/h5-7,9-12,14-15,18,23H,2-4,8,13,16H2,1H3. The number of unbranched alkanes of at least 4 members (excludes halogenated alkanes) is 3. The number of ether oxygens (including phenoxy) is 1. The van der Waals surface area contributed by atoms with Crippen molar-refractivity contribution in [3.05, 3.63) is 65.7 Å². The van der Waals surface area contributed by atoms with Gasteiger partial charge in [0.05, 0.1) is 10.8 Å². The van der Waals surface area contributed by atoms with Crippen LogP contribution in [0.15, 0.2) is 54.6 Å². The Morgan fingerprint density at radius 3 is 2.48 bits per heavy atom. The molecule has 0 radical (unpaired) electrons. The Labute approximate surface area is 154 Å². The van der Waals surface area contributed by atoms with Gasteiger partial charge >= 0.3 is 0 Å². The van der Waals surface area contributed by atoms with Crippen molar-refractivity contribution < 1.29 is 14.1 Å². The third kappa shape index (κ3) is 6.22. The smallest absolute Gasteiger partial charge is 0.196 e. The molecular formula is C21H26O3S. The third-order valence-corrected chi connectivity index (χ3v) is 4.79. The molecule has 134 valence electrons. The molecule has 3 nitrogen and oxygen atoms in total.